The van der Waals surface area contributed by atoms with Crippen LogP contribution in [-0.2, 0) is 10.0 Å². The molecule has 2 aromatic heterocycles. The first kappa shape index (κ1) is 24.8. The van der Waals surface area contributed by atoms with Gasteiger partial charge in [0.25, 0.3) is 0 Å². The predicted molar refractivity (Wildman–Crippen MR) is 125 cm³/mol. The Bertz CT molecular complexity index is 1480. The zero-order valence-electron chi connectivity index (χ0n) is 17.6. The molecule has 0 bridgehead atoms. The van der Waals surface area contributed by atoms with E-state index in [1.54, 1.807) is 30.5 Å². The molecule has 0 radical (unpaired) electrons. The van der Waals surface area contributed by atoms with Gasteiger partial charge in [-0.1, -0.05) is 18.2 Å². The lowest BCUT2D eigenvalue weighted by molar-refractivity contribution is -0.274. The van der Waals surface area contributed by atoms with Gasteiger partial charge in [0.1, 0.15) is 17.3 Å². The van der Waals surface area contributed by atoms with E-state index in [1.165, 1.54) is 10.6 Å². The Morgan fingerprint density at radius 3 is 2.60 bits per heavy atom. The van der Waals surface area contributed by atoms with Gasteiger partial charge in [0.05, 0.1) is 21.3 Å². The third-order valence-electron chi connectivity index (χ3n) is 4.68. The van der Waals surface area contributed by atoms with Crippen LogP contribution in [0.25, 0.3) is 16.9 Å². The highest BCUT2D eigenvalue weighted by Gasteiger charge is 2.31. The normalized spacial score (nSPS) is 12.1. The van der Waals surface area contributed by atoms with E-state index in [2.05, 4.69) is 40.8 Å². The standard InChI is InChI=1S/C21H17BrF3N5O4S/c22-16-12-27-30-19(11-17(29-20(16)30)15-6-1-2-7-18(15)31)26-8-9-28-35(32,33)14-5-3-4-13(10-14)34-21(23,24)25/h1-7,10-12,26,28,31H,8-9H2. The quantitative estimate of drug-likeness (QED) is 0.272. The average Bonchev–Trinajstić information content (AvgIpc) is 3.17. The van der Waals surface area contributed by atoms with Crippen molar-refractivity contribution in [1.82, 2.24) is 19.3 Å². The topological polar surface area (TPSA) is 118 Å². The molecule has 3 N–H and O–H groups in total. The number of anilines is 1. The smallest absolute Gasteiger partial charge is 0.507 e. The molecule has 0 spiro atoms. The van der Waals surface area contributed by atoms with E-state index < -0.39 is 22.1 Å². The predicted octanol–water partition coefficient (Wildman–Crippen LogP) is 4.15. The third-order valence-corrected chi connectivity index (χ3v) is 6.70. The molecule has 0 atom stereocenters. The number of nitrogens with zero attached hydrogens (tertiary/aromatic N) is 3. The van der Waals surface area contributed by atoms with Gasteiger partial charge in [0.15, 0.2) is 5.65 Å². The summed E-state index contributed by atoms with van der Waals surface area (Å²) in [5.41, 5.74) is 1.42. The van der Waals surface area contributed by atoms with Crippen LogP contribution in [0.3, 0.4) is 0 Å². The lowest BCUT2D eigenvalue weighted by Gasteiger charge is -2.13. The van der Waals surface area contributed by atoms with Crippen LogP contribution in [0, 0.1) is 0 Å². The van der Waals surface area contributed by atoms with E-state index in [0.29, 0.717) is 27.2 Å². The van der Waals surface area contributed by atoms with Crippen LogP contribution in [0.2, 0.25) is 0 Å². The summed E-state index contributed by atoms with van der Waals surface area (Å²) in [5.74, 6) is -0.132. The Kier molecular flexibility index (Phi) is 6.87. The zero-order valence-corrected chi connectivity index (χ0v) is 20.0. The maximum absolute atomic E-state index is 12.5. The number of halogens is 4. The van der Waals surface area contributed by atoms with Crippen LogP contribution in [0.15, 0.2) is 70.2 Å². The highest BCUT2D eigenvalue weighted by Crippen LogP contribution is 2.31. The second kappa shape index (κ2) is 9.71. The summed E-state index contributed by atoms with van der Waals surface area (Å²) in [6.07, 6.45) is -3.40. The number of sulfonamides is 1. The minimum absolute atomic E-state index is 0.0374. The number of ether oxygens (including phenoxy) is 1. The van der Waals surface area contributed by atoms with Crippen molar-refractivity contribution in [1.29, 1.82) is 0 Å². The van der Waals surface area contributed by atoms with E-state index in [4.69, 9.17) is 0 Å². The Balaban J connectivity index is 1.49. The second-order valence-electron chi connectivity index (χ2n) is 7.12. The largest absolute Gasteiger partial charge is 0.573 e. The molecular formula is C21H17BrF3N5O4S. The molecule has 9 nitrogen and oxygen atoms in total. The van der Waals surface area contributed by atoms with Gasteiger partial charge < -0.3 is 15.2 Å². The molecule has 0 fully saturated rings. The summed E-state index contributed by atoms with van der Waals surface area (Å²) >= 11 is 3.38. The summed E-state index contributed by atoms with van der Waals surface area (Å²) in [5, 5.41) is 17.5. The van der Waals surface area contributed by atoms with E-state index in [-0.39, 0.29) is 23.7 Å². The van der Waals surface area contributed by atoms with Crippen molar-refractivity contribution >= 4 is 37.4 Å². The Labute approximate surface area is 205 Å². The van der Waals surface area contributed by atoms with Crippen molar-refractivity contribution in [2.45, 2.75) is 11.3 Å². The summed E-state index contributed by atoms with van der Waals surface area (Å²) in [6.45, 7) is 0.0135. The number of phenols is 1. The Hall–Kier alpha value is -3.36. The zero-order chi connectivity index (χ0) is 25.2. The van der Waals surface area contributed by atoms with Crippen molar-refractivity contribution in [3.63, 3.8) is 0 Å². The molecule has 0 amide bonds. The minimum Gasteiger partial charge on any atom is -0.507 e. The van der Waals surface area contributed by atoms with Crippen LogP contribution < -0.4 is 14.8 Å². The van der Waals surface area contributed by atoms with Crippen molar-refractivity contribution in [3.05, 3.63) is 65.3 Å². The van der Waals surface area contributed by atoms with Gasteiger partial charge in [-0.15, -0.1) is 13.2 Å². The highest BCUT2D eigenvalue weighted by atomic mass is 79.9. The molecule has 0 unspecified atom stereocenters. The molecule has 0 saturated carbocycles. The first-order chi connectivity index (χ1) is 16.5. The number of hydrogen-bond donors (Lipinski definition) is 3. The number of hydrogen-bond acceptors (Lipinski definition) is 7. The van der Waals surface area contributed by atoms with Crippen LogP contribution in [0.5, 0.6) is 11.5 Å². The van der Waals surface area contributed by atoms with Crippen LogP contribution >= 0.6 is 15.9 Å². The molecule has 0 aliphatic rings. The summed E-state index contributed by atoms with van der Waals surface area (Å²) in [4.78, 5) is 4.15. The maximum Gasteiger partial charge on any atom is 0.573 e. The molecule has 35 heavy (non-hydrogen) atoms. The number of aromatic hydroxyl groups is 1. The van der Waals surface area contributed by atoms with Gasteiger partial charge in [-0.05, 0) is 40.2 Å². The van der Waals surface area contributed by atoms with Crippen LogP contribution in [0.1, 0.15) is 0 Å². The van der Waals surface area contributed by atoms with Gasteiger partial charge in [0.2, 0.25) is 10.0 Å². The molecule has 0 aliphatic heterocycles. The third kappa shape index (κ3) is 5.83. The maximum atomic E-state index is 12.5. The Morgan fingerprint density at radius 2 is 1.86 bits per heavy atom. The van der Waals surface area contributed by atoms with Crippen molar-refractivity contribution in [3.8, 4) is 22.8 Å². The molecule has 184 valence electrons. The number of para-hydroxylation sites is 1. The minimum atomic E-state index is -4.94. The fourth-order valence-corrected chi connectivity index (χ4v) is 4.60. The lowest BCUT2D eigenvalue weighted by Crippen LogP contribution is -2.29. The first-order valence-electron chi connectivity index (χ1n) is 9.95. The molecule has 4 aromatic rings. The summed E-state index contributed by atoms with van der Waals surface area (Å²) < 4.78 is 70.5. The fourth-order valence-electron chi connectivity index (χ4n) is 3.19. The van der Waals surface area contributed by atoms with Crippen molar-refractivity contribution in [2.24, 2.45) is 0 Å². The monoisotopic (exact) mass is 571 g/mol. The molecular weight excluding hydrogens is 555 g/mol. The number of fused-ring (bicyclic) bond motifs is 1. The van der Waals surface area contributed by atoms with Gasteiger partial charge in [-0.2, -0.15) is 9.61 Å². The highest BCUT2D eigenvalue weighted by molar-refractivity contribution is 9.10. The van der Waals surface area contributed by atoms with Gasteiger partial charge in [0, 0.05) is 30.8 Å². The van der Waals surface area contributed by atoms with Gasteiger partial charge in [-0.3, -0.25) is 0 Å². The lowest BCUT2D eigenvalue weighted by atomic mass is 10.1. The molecule has 4 rings (SSSR count). The second-order valence-corrected chi connectivity index (χ2v) is 9.74. The van der Waals surface area contributed by atoms with E-state index in [1.807, 2.05) is 0 Å². The van der Waals surface area contributed by atoms with Crippen molar-refractivity contribution in [2.75, 3.05) is 18.4 Å². The van der Waals surface area contributed by atoms with Crippen molar-refractivity contribution < 1.29 is 31.4 Å². The molecule has 2 aromatic carbocycles. The summed E-state index contributed by atoms with van der Waals surface area (Å²) in [6, 6.07) is 12.4. The number of nitrogens with one attached hydrogen (secondary N) is 2. The SMILES string of the molecule is O=S(=O)(NCCNc1cc(-c2ccccc2O)nc2c(Br)cnn12)c1cccc(OC(F)(F)F)c1. The number of phenolic OH excluding ortho intramolecular Hbond substituents is 1. The van der Waals surface area contributed by atoms with Crippen LogP contribution in [-0.4, -0.2) is 47.6 Å². The Morgan fingerprint density at radius 1 is 1.09 bits per heavy atom. The van der Waals surface area contributed by atoms with E-state index >= 15 is 0 Å². The average molecular weight is 572 g/mol. The number of alkyl halides is 3. The fraction of sp³-hybridized carbons (Fsp3) is 0.143. The van der Waals surface area contributed by atoms with Gasteiger partial charge in [-0.25, -0.2) is 18.1 Å². The molecule has 14 heteroatoms. The first-order valence-corrected chi connectivity index (χ1v) is 12.2. The number of benzene rings is 2. The molecule has 0 saturated heterocycles. The van der Waals surface area contributed by atoms with Gasteiger partial charge >= 0.3 is 6.36 Å². The molecule has 0 aliphatic carbocycles. The van der Waals surface area contributed by atoms with E-state index in [0.717, 1.165) is 24.3 Å². The molecule has 2 heterocycles. The van der Waals surface area contributed by atoms with Crippen LogP contribution in [0.4, 0.5) is 19.0 Å². The van der Waals surface area contributed by atoms with E-state index in [9.17, 15) is 26.7 Å². The number of rotatable bonds is 8. The summed E-state index contributed by atoms with van der Waals surface area (Å²) in [7, 11) is -4.10. The number of aromatic nitrogens is 3.